The first-order chi connectivity index (χ1) is 10.5. The molecule has 22 heavy (non-hydrogen) atoms. The third-order valence-electron chi connectivity index (χ3n) is 3.32. The fraction of sp³-hybridized carbons (Fsp3) is 0. The van der Waals surface area contributed by atoms with Gasteiger partial charge in [0.15, 0.2) is 0 Å². The lowest BCUT2D eigenvalue weighted by Crippen LogP contribution is -2.13. The van der Waals surface area contributed by atoms with Gasteiger partial charge in [-0.15, -0.1) is 0 Å². The predicted molar refractivity (Wildman–Crippen MR) is 87.6 cm³/mol. The minimum atomic E-state index is -3.80. The van der Waals surface area contributed by atoms with Gasteiger partial charge in [0, 0.05) is 22.5 Å². The van der Waals surface area contributed by atoms with Crippen molar-refractivity contribution in [3.05, 3.63) is 71.9 Å². The topological polar surface area (TPSA) is 65.1 Å². The van der Waals surface area contributed by atoms with Crippen LogP contribution in [0.2, 0.25) is 5.02 Å². The molecule has 0 fully saturated rings. The van der Waals surface area contributed by atoms with E-state index in [1.165, 1.54) is 6.07 Å². The van der Waals surface area contributed by atoms with Crippen LogP contribution >= 0.6 is 11.6 Å². The number of nitrogens with zero attached hydrogens (tertiary/aromatic N) is 1. The zero-order valence-corrected chi connectivity index (χ0v) is 13.1. The van der Waals surface area contributed by atoms with Crippen molar-refractivity contribution in [3.8, 4) is 16.9 Å². The van der Waals surface area contributed by atoms with Gasteiger partial charge in [-0.3, -0.25) is 0 Å². The van der Waals surface area contributed by atoms with Crippen molar-refractivity contribution < 1.29 is 8.42 Å². The average Bonchev–Trinajstić information content (AvgIpc) is 2.96. The quantitative estimate of drug-likeness (QED) is 0.798. The molecule has 3 rings (SSSR count). The number of primary sulfonamides is 1. The minimum absolute atomic E-state index is 0.101. The molecule has 1 aromatic heterocycles. The molecule has 0 radical (unpaired) electrons. The Labute approximate surface area is 133 Å². The standard InChI is InChI=1S/C16H13ClN2O2S/c17-12-7-9-13(10-8-12)19-11-3-5-15(19)14-4-1-2-6-16(14)22(18,20)21/h1-11H,(H2,18,20,21). The van der Waals surface area contributed by atoms with Gasteiger partial charge in [0.1, 0.15) is 0 Å². The zero-order chi connectivity index (χ0) is 15.7. The number of hydrogen-bond acceptors (Lipinski definition) is 2. The summed E-state index contributed by atoms with van der Waals surface area (Å²) in [4.78, 5) is 0.101. The number of benzene rings is 2. The molecule has 2 aromatic carbocycles. The van der Waals surface area contributed by atoms with Crippen molar-refractivity contribution in [2.75, 3.05) is 0 Å². The summed E-state index contributed by atoms with van der Waals surface area (Å²) in [6.45, 7) is 0. The largest absolute Gasteiger partial charge is 0.317 e. The molecule has 0 bridgehead atoms. The normalized spacial score (nSPS) is 11.5. The van der Waals surface area contributed by atoms with E-state index < -0.39 is 10.0 Å². The van der Waals surface area contributed by atoms with Crippen molar-refractivity contribution in [3.63, 3.8) is 0 Å². The molecular weight excluding hydrogens is 320 g/mol. The maximum Gasteiger partial charge on any atom is 0.238 e. The van der Waals surface area contributed by atoms with Gasteiger partial charge >= 0.3 is 0 Å². The Balaban J connectivity index is 2.20. The number of nitrogens with two attached hydrogens (primary N) is 1. The summed E-state index contributed by atoms with van der Waals surface area (Å²) < 4.78 is 25.5. The molecule has 0 spiro atoms. The Morgan fingerprint density at radius 2 is 1.59 bits per heavy atom. The highest BCUT2D eigenvalue weighted by atomic mass is 35.5. The van der Waals surface area contributed by atoms with Gasteiger partial charge in [0.05, 0.1) is 10.6 Å². The van der Waals surface area contributed by atoms with Crippen LogP contribution in [0.3, 0.4) is 0 Å². The fourth-order valence-electron chi connectivity index (χ4n) is 2.35. The molecule has 0 aliphatic rings. The molecule has 2 N–H and O–H groups in total. The lowest BCUT2D eigenvalue weighted by molar-refractivity contribution is 0.598. The summed E-state index contributed by atoms with van der Waals surface area (Å²) in [6.07, 6.45) is 1.86. The summed E-state index contributed by atoms with van der Waals surface area (Å²) in [5.41, 5.74) is 2.19. The van der Waals surface area contributed by atoms with Crippen LogP contribution in [0, 0.1) is 0 Å². The summed E-state index contributed by atoms with van der Waals surface area (Å²) in [5.74, 6) is 0. The number of halogens is 1. The highest BCUT2D eigenvalue weighted by molar-refractivity contribution is 7.89. The Morgan fingerprint density at radius 1 is 0.909 bits per heavy atom. The maximum absolute atomic E-state index is 11.8. The van der Waals surface area contributed by atoms with Crippen molar-refractivity contribution in [2.24, 2.45) is 5.14 Å². The van der Waals surface area contributed by atoms with Crippen LogP contribution in [0.15, 0.2) is 71.8 Å². The van der Waals surface area contributed by atoms with Crippen LogP contribution in [0.5, 0.6) is 0 Å². The highest BCUT2D eigenvalue weighted by Crippen LogP contribution is 2.29. The smallest absolute Gasteiger partial charge is 0.238 e. The average molecular weight is 333 g/mol. The van der Waals surface area contributed by atoms with Crippen LogP contribution in [-0.2, 0) is 10.0 Å². The summed E-state index contributed by atoms with van der Waals surface area (Å²) in [5, 5.41) is 5.96. The van der Waals surface area contributed by atoms with Gasteiger partial charge in [-0.2, -0.15) is 0 Å². The number of rotatable bonds is 3. The first-order valence-electron chi connectivity index (χ1n) is 6.52. The van der Waals surface area contributed by atoms with Crippen LogP contribution in [-0.4, -0.2) is 13.0 Å². The zero-order valence-electron chi connectivity index (χ0n) is 11.5. The molecule has 1 heterocycles. The first-order valence-corrected chi connectivity index (χ1v) is 8.45. The Morgan fingerprint density at radius 3 is 2.27 bits per heavy atom. The first kappa shape index (κ1) is 14.8. The van der Waals surface area contributed by atoms with E-state index in [1.807, 2.05) is 35.0 Å². The summed E-state index contributed by atoms with van der Waals surface area (Å²) in [6, 6.07) is 17.7. The second-order valence-electron chi connectivity index (χ2n) is 4.78. The number of sulfonamides is 1. The van der Waals surface area contributed by atoms with E-state index in [4.69, 9.17) is 16.7 Å². The third-order valence-corrected chi connectivity index (χ3v) is 4.54. The third kappa shape index (κ3) is 2.78. The maximum atomic E-state index is 11.8. The second kappa shape index (κ2) is 5.61. The Hall–Kier alpha value is -2.08. The number of hydrogen-bond donors (Lipinski definition) is 1. The molecular formula is C16H13ClN2O2S. The van der Waals surface area contributed by atoms with E-state index in [0.717, 1.165) is 11.4 Å². The molecule has 4 nitrogen and oxygen atoms in total. The highest BCUT2D eigenvalue weighted by Gasteiger charge is 2.17. The minimum Gasteiger partial charge on any atom is -0.317 e. The van der Waals surface area contributed by atoms with Gasteiger partial charge < -0.3 is 4.57 Å². The molecule has 0 saturated heterocycles. The molecule has 0 atom stereocenters. The SMILES string of the molecule is NS(=O)(=O)c1ccccc1-c1cccn1-c1ccc(Cl)cc1. The van der Waals surface area contributed by atoms with Crippen LogP contribution < -0.4 is 5.14 Å². The molecule has 0 aliphatic carbocycles. The summed E-state index contributed by atoms with van der Waals surface area (Å²) >= 11 is 5.91. The van der Waals surface area contributed by atoms with E-state index >= 15 is 0 Å². The molecule has 6 heteroatoms. The van der Waals surface area contributed by atoms with Gasteiger partial charge in [-0.1, -0.05) is 29.8 Å². The molecule has 0 amide bonds. The predicted octanol–water partition coefficient (Wildman–Crippen LogP) is 3.45. The van der Waals surface area contributed by atoms with Gasteiger partial charge in [0.25, 0.3) is 0 Å². The monoisotopic (exact) mass is 332 g/mol. The van der Waals surface area contributed by atoms with Crippen molar-refractivity contribution >= 4 is 21.6 Å². The summed E-state index contributed by atoms with van der Waals surface area (Å²) in [7, 11) is -3.80. The molecule has 112 valence electrons. The molecule has 0 saturated carbocycles. The van der Waals surface area contributed by atoms with E-state index in [9.17, 15) is 8.42 Å². The lowest BCUT2D eigenvalue weighted by Gasteiger charge is -2.12. The fourth-order valence-corrected chi connectivity index (χ4v) is 3.23. The van der Waals surface area contributed by atoms with Crippen molar-refractivity contribution in [1.82, 2.24) is 4.57 Å². The van der Waals surface area contributed by atoms with Gasteiger partial charge in [0.2, 0.25) is 10.0 Å². The van der Waals surface area contributed by atoms with Crippen LogP contribution in [0.25, 0.3) is 16.9 Å². The van der Waals surface area contributed by atoms with E-state index in [2.05, 4.69) is 0 Å². The Bertz CT molecular complexity index is 915. The molecule has 0 aliphatic heterocycles. The van der Waals surface area contributed by atoms with Crippen LogP contribution in [0.1, 0.15) is 0 Å². The van der Waals surface area contributed by atoms with Gasteiger partial charge in [-0.25, -0.2) is 13.6 Å². The van der Waals surface area contributed by atoms with Crippen molar-refractivity contribution in [2.45, 2.75) is 4.90 Å². The lowest BCUT2D eigenvalue weighted by atomic mass is 10.1. The Kier molecular flexibility index (Phi) is 3.78. The van der Waals surface area contributed by atoms with E-state index in [1.54, 1.807) is 30.3 Å². The second-order valence-corrected chi connectivity index (χ2v) is 6.75. The van der Waals surface area contributed by atoms with Gasteiger partial charge in [-0.05, 0) is 42.5 Å². The van der Waals surface area contributed by atoms with E-state index in [0.29, 0.717) is 10.6 Å². The molecule has 0 unspecified atom stereocenters. The number of aromatic nitrogens is 1. The van der Waals surface area contributed by atoms with Crippen molar-refractivity contribution in [1.29, 1.82) is 0 Å². The van der Waals surface area contributed by atoms with Crippen LogP contribution in [0.4, 0.5) is 0 Å². The molecule has 3 aromatic rings. The van der Waals surface area contributed by atoms with E-state index in [-0.39, 0.29) is 4.90 Å².